The fourth-order valence-corrected chi connectivity index (χ4v) is 4.32. The maximum atomic E-state index is 14.0. The second kappa shape index (κ2) is 9.36. The Bertz CT molecular complexity index is 1810. The van der Waals surface area contributed by atoms with Crippen LogP contribution in [0, 0.1) is 5.82 Å². The molecule has 188 valence electrons. The molecule has 0 aliphatic rings. The summed E-state index contributed by atoms with van der Waals surface area (Å²) in [5.41, 5.74) is 5.26. The molecule has 0 saturated carbocycles. The fourth-order valence-electron chi connectivity index (χ4n) is 4.32. The summed E-state index contributed by atoms with van der Waals surface area (Å²) in [7, 11) is 0. The number of aromatic amines is 2. The highest BCUT2D eigenvalue weighted by molar-refractivity contribution is 5.97. The van der Waals surface area contributed by atoms with E-state index in [2.05, 4.69) is 35.5 Å². The zero-order valence-corrected chi connectivity index (χ0v) is 20.2. The second-order valence-electron chi connectivity index (χ2n) is 8.79. The molecule has 5 aromatic heterocycles. The number of rotatable bonds is 6. The van der Waals surface area contributed by atoms with Crippen LogP contribution in [0.5, 0.6) is 5.75 Å². The molecule has 4 N–H and O–H groups in total. The van der Waals surface area contributed by atoms with Gasteiger partial charge in [0.2, 0.25) is 5.91 Å². The summed E-state index contributed by atoms with van der Waals surface area (Å²) < 4.78 is 14.0. The molecule has 5 heterocycles. The Morgan fingerprint density at radius 2 is 1.92 bits per heavy atom. The van der Waals surface area contributed by atoms with E-state index < -0.39 is 5.82 Å². The van der Waals surface area contributed by atoms with E-state index in [1.54, 1.807) is 30.9 Å². The standard InChI is InChI=1S/C27H21FN8O2/c1-2-3-23(38)32-17-7-15(11-29-12-17)21-10-19-22(13-31-21)35-36-25(19)27-33-20-4-5-30-24(26(20)34-27)14-6-16(28)9-18(37)8-14/h4-13,37H,2-3H2,1H3,(H,32,38)(H,33,34)(H,35,36). The summed E-state index contributed by atoms with van der Waals surface area (Å²) in [5, 5.41) is 20.9. The van der Waals surface area contributed by atoms with Crippen LogP contribution in [0.2, 0.25) is 0 Å². The molecule has 10 nitrogen and oxygen atoms in total. The Kier molecular flexibility index (Phi) is 5.72. The van der Waals surface area contributed by atoms with Gasteiger partial charge in [0.15, 0.2) is 5.82 Å². The highest BCUT2D eigenvalue weighted by Crippen LogP contribution is 2.33. The quantitative estimate of drug-likeness (QED) is 0.242. The number of amides is 1. The van der Waals surface area contributed by atoms with Gasteiger partial charge in [-0.25, -0.2) is 9.37 Å². The van der Waals surface area contributed by atoms with Crippen LogP contribution < -0.4 is 5.32 Å². The molecule has 6 rings (SSSR count). The first-order valence-electron chi connectivity index (χ1n) is 11.9. The van der Waals surface area contributed by atoms with E-state index >= 15 is 0 Å². The molecule has 0 aliphatic heterocycles. The van der Waals surface area contributed by atoms with Gasteiger partial charge in [-0.05, 0) is 36.8 Å². The lowest BCUT2D eigenvalue weighted by Gasteiger charge is -2.06. The molecule has 0 atom stereocenters. The van der Waals surface area contributed by atoms with Crippen LogP contribution in [0.1, 0.15) is 19.8 Å². The smallest absolute Gasteiger partial charge is 0.224 e. The minimum absolute atomic E-state index is 0.0702. The lowest BCUT2D eigenvalue weighted by atomic mass is 10.1. The highest BCUT2D eigenvalue weighted by atomic mass is 19.1. The number of phenolic OH excluding ortho intramolecular Hbond substituents is 1. The van der Waals surface area contributed by atoms with E-state index in [0.29, 0.717) is 57.1 Å². The Morgan fingerprint density at radius 3 is 2.76 bits per heavy atom. The maximum Gasteiger partial charge on any atom is 0.224 e. The molecule has 1 amide bonds. The Morgan fingerprint density at radius 1 is 1.03 bits per heavy atom. The summed E-state index contributed by atoms with van der Waals surface area (Å²) in [5.74, 6) is -0.357. The maximum absolute atomic E-state index is 14.0. The van der Waals surface area contributed by atoms with Crippen molar-refractivity contribution in [3.8, 4) is 39.8 Å². The van der Waals surface area contributed by atoms with Crippen molar-refractivity contribution in [2.45, 2.75) is 19.8 Å². The van der Waals surface area contributed by atoms with Crippen molar-refractivity contribution < 1.29 is 14.3 Å². The largest absolute Gasteiger partial charge is 0.508 e. The Balaban J connectivity index is 1.41. The number of carbonyl (C=O) groups excluding carboxylic acids is 1. The first kappa shape index (κ1) is 23.2. The van der Waals surface area contributed by atoms with Gasteiger partial charge in [0.1, 0.15) is 22.8 Å². The van der Waals surface area contributed by atoms with Crippen LogP contribution in [-0.2, 0) is 4.79 Å². The molecule has 11 heteroatoms. The number of H-pyrrole nitrogens is 2. The zero-order chi connectivity index (χ0) is 26.2. The van der Waals surface area contributed by atoms with Crippen molar-refractivity contribution in [2.75, 3.05) is 5.32 Å². The number of nitrogens with one attached hydrogen (secondary N) is 3. The predicted molar refractivity (Wildman–Crippen MR) is 141 cm³/mol. The van der Waals surface area contributed by atoms with Crippen molar-refractivity contribution >= 4 is 33.5 Å². The molecule has 6 aromatic rings. The molecule has 0 spiro atoms. The predicted octanol–water partition coefficient (Wildman–Crippen LogP) is 5.21. The summed E-state index contributed by atoms with van der Waals surface area (Å²) in [6.45, 7) is 1.95. The number of halogens is 1. The van der Waals surface area contributed by atoms with Crippen LogP contribution in [0.4, 0.5) is 10.1 Å². The number of fused-ring (bicyclic) bond motifs is 2. The number of benzene rings is 1. The van der Waals surface area contributed by atoms with Gasteiger partial charge in [-0.2, -0.15) is 5.10 Å². The van der Waals surface area contributed by atoms with Crippen molar-refractivity contribution in [1.29, 1.82) is 0 Å². The van der Waals surface area contributed by atoms with Crippen LogP contribution in [-0.4, -0.2) is 46.1 Å². The van der Waals surface area contributed by atoms with E-state index in [4.69, 9.17) is 4.98 Å². The van der Waals surface area contributed by atoms with Gasteiger partial charge in [0.05, 0.1) is 40.5 Å². The summed E-state index contributed by atoms with van der Waals surface area (Å²) in [4.78, 5) is 33.2. The molecular weight excluding hydrogens is 487 g/mol. The number of anilines is 1. The number of aromatic nitrogens is 7. The molecule has 0 saturated heterocycles. The van der Waals surface area contributed by atoms with E-state index in [1.807, 2.05) is 19.1 Å². The number of hydrogen-bond donors (Lipinski definition) is 4. The fraction of sp³-hybridized carbons (Fsp3) is 0.111. The molecule has 0 fully saturated rings. The number of aromatic hydroxyl groups is 1. The van der Waals surface area contributed by atoms with Crippen molar-refractivity contribution in [2.24, 2.45) is 0 Å². The Labute approximate surface area is 215 Å². The van der Waals surface area contributed by atoms with E-state index in [1.165, 1.54) is 12.1 Å². The topological polar surface area (TPSA) is 145 Å². The third-order valence-corrected chi connectivity index (χ3v) is 6.02. The first-order valence-corrected chi connectivity index (χ1v) is 11.9. The van der Waals surface area contributed by atoms with Gasteiger partial charge < -0.3 is 15.4 Å². The molecule has 1 aromatic carbocycles. The monoisotopic (exact) mass is 508 g/mol. The highest BCUT2D eigenvalue weighted by Gasteiger charge is 2.17. The zero-order valence-electron chi connectivity index (χ0n) is 20.2. The lowest BCUT2D eigenvalue weighted by Crippen LogP contribution is -2.10. The van der Waals surface area contributed by atoms with Gasteiger partial charge in [-0.3, -0.25) is 24.8 Å². The average Bonchev–Trinajstić information content (AvgIpc) is 3.52. The summed E-state index contributed by atoms with van der Waals surface area (Å²) >= 11 is 0. The number of pyridine rings is 3. The first-order chi connectivity index (χ1) is 18.5. The SMILES string of the molecule is CCCC(=O)Nc1cncc(-c2cc3c(-c4nc5c(-c6cc(O)cc(F)c6)nccc5[nH]4)n[nH]c3cn2)c1. The number of phenols is 1. The van der Waals surface area contributed by atoms with Crippen molar-refractivity contribution in [3.05, 3.63) is 67.0 Å². The van der Waals surface area contributed by atoms with Crippen LogP contribution >= 0.6 is 0 Å². The second-order valence-corrected chi connectivity index (χ2v) is 8.79. The molecule has 38 heavy (non-hydrogen) atoms. The van der Waals surface area contributed by atoms with E-state index in [9.17, 15) is 14.3 Å². The number of imidazole rings is 1. The minimum atomic E-state index is -0.573. The van der Waals surface area contributed by atoms with Gasteiger partial charge in [0.25, 0.3) is 0 Å². The van der Waals surface area contributed by atoms with Crippen molar-refractivity contribution in [1.82, 2.24) is 35.1 Å². The number of carbonyl (C=O) groups is 1. The van der Waals surface area contributed by atoms with Gasteiger partial charge in [-0.15, -0.1) is 0 Å². The van der Waals surface area contributed by atoms with Crippen molar-refractivity contribution in [3.63, 3.8) is 0 Å². The van der Waals surface area contributed by atoms with Gasteiger partial charge >= 0.3 is 0 Å². The number of nitrogens with zero attached hydrogens (tertiary/aromatic N) is 5. The molecule has 0 radical (unpaired) electrons. The lowest BCUT2D eigenvalue weighted by molar-refractivity contribution is -0.116. The number of hydrogen-bond acceptors (Lipinski definition) is 7. The van der Waals surface area contributed by atoms with Crippen LogP contribution in [0.3, 0.4) is 0 Å². The molecular formula is C27H21FN8O2. The average molecular weight is 509 g/mol. The third-order valence-electron chi connectivity index (χ3n) is 6.02. The van der Waals surface area contributed by atoms with Gasteiger partial charge in [-0.1, -0.05) is 6.92 Å². The summed E-state index contributed by atoms with van der Waals surface area (Å²) in [6, 6.07) is 9.23. The third kappa shape index (κ3) is 4.30. The minimum Gasteiger partial charge on any atom is -0.508 e. The van der Waals surface area contributed by atoms with E-state index in [-0.39, 0.29) is 11.7 Å². The van der Waals surface area contributed by atoms with Gasteiger partial charge in [0, 0.05) is 41.4 Å². The van der Waals surface area contributed by atoms with E-state index in [0.717, 1.165) is 23.4 Å². The van der Waals surface area contributed by atoms with Crippen LogP contribution in [0.25, 0.3) is 56.0 Å². The summed E-state index contributed by atoms with van der Waals surface area (Å²) in [6.07, 6.45) is 7.72. The molecule has 0 aliphatic carbocycles. The Hall–Kier alpha value is -5.19. The molecule has 0 bridgehead atoms. The van der Waals surface area contributed by atoms with Crippen LogP contribution in [0.15, 0.2) is 61.2 Å². The normalized spacial score (nSPS) is 11.3. The molecule has 0 unspecified atom stereocenters.